The van der Waals surface area contributed by atoms with Crippen LogP contribution in [0.4, 0.5) is 5.69 Å². The Kier molecular flexibility index (Phi) is 4.85. The second kappa shape index (κ2) is 6.10. The molecule has 0 aliphatic carbocycles. The summed E-state index contributed by atoms with van der Waals surface area (Å²) in [6.07, 6.45) is 0. The molecule has 2 nitrogen and oxygen atoms in total. The van der Waals surface area contributed by atoms with Crippen LogP contribution in [0.25, 0.3) is 0 Å². The quantitative estimate of drug-likeness (QED) is 0.686. The average Bonchev–Trinajstić information content (AvgIpc) is 2.80. The third-order valence-corrected chi connectivity index (χ3v) is 5.01. The maximum absolute atomic E-state index is 6.12. The zero-order valence-electron chi connectivity index (χ0n) is 11.4. The zero-order chi connectivity index (χ0) is 14.9. The Bertz CT molecular complexity index is 617. The van der Waals surface area contributed by atoms with Gasteiger partial charge in [0.2, 0.25) is 0 Å². The van der Waals surface area contributed by atoms with Gasteiger partial charge in [0.1, 0.15) is 0 Å². The first kappa shape index (κ1) is 15.9. The van der Waals surface area contributed by atoms with Crippen molar-refractivity contribution in [2.24, 2.45) is 0 Å². The van der Waals surface area contributed by atoms with Crippen molar-refractivity contribution in [3.8, 4) is 0 Å². The summed E-state index contributed by atoms with van der Waals surface area (Å²) in [6.45, 7) is 7.06. The second-order valence-corrected chi connectivity index (χ2v) is 7.57. The lowest BCUT2D eigenvalue weighted by molar-refractivity contribution is 0.583. The van der Waals surface area contributed by atoms with Gasteiger partial charge in [0.05, 0.1) is 38.0 Å². The molecule has 2 aromatic rings. The third kappa shape index (κ3) is 3.79. The molecule has 0 atom stereocenters. The van der Waals surface area contributed by atoms with Gasteiger partial charge in [0.15, 0.2) is 0 Å². The van der Waals surface area contributed by atoms with Crippen molar-refractivity contribution in [2.75, 3.05) is 5.32 Å². The molecule has 0 spiro atoms. The molecular weight excluding hydrogens is 335 g/mol. The van der Waals surface area contributed by atoms with Crippen LogP contribution in [-0.2, 0) is 12.0 Å². The maximum Gasteiger partial charge on any atom is 0.0982 e. The minimum absolute atomic E-state index is 0.0736. The summed E-state index contributed by atoms with van der Waals surface area (Å²) < 4.78 is 0. The smallest absolute Gasteiger partial charge is 0.0982 e. The van der Waals surface area contributed by atoms with Crippen molar-refractivity contribution >= 4 is 51.8 Å². The topological polar surface area (TPSA) is 24.9 Å². The molecule has 0 aliphatic rings. The van der Waals surface area contributed by atoms with Crippen molar-refractivity contribution in [2.45, 2.75) is 32.7 Å². The summed E-state index contributed by atoms with van der Waals surface area (Å²) in [4.78, 5) is 4.62. The molecule has 0 unspecified atom stereocenters. The van der Waals surface area contributed by atoms with E-state index in [0.29, 0.717) is 21.6 Å². The van der Waals surface area contributed by atoms with Gasteiger partial charge in [-0.15, -0.1) is 11.3 Å². The third-order valence-electron chi connectivity index (χ3n) is 2.66. The minimum Gasteiger partial charge on any atom is -0.378 e. The van der Waals surface area contributed by atoms with Gasteiger partial charge in [-0.2, -0.15) is 0 Å². The monoisotopic (exact) mass is 348 g/mol. The van der Waals surface area contributed by atoms with Crippen LogP contribution in [0.2, 0.25) is 15.1 Å². The molecule has 1 aromatic carbocycles. The molecule has 0 bridgehead atoms. The highest BCUT2D eigenvalue weighted by Gasteiger charge is 2.17. The minimum atomic E-state index is 0.0736. The fraction of sp³-hybridized carbons (Fsp3) is 0.357. The normalized spacial score (nSPS) is 11.7. The number of anilines is 1. The van der Waals surface area contributed by atoms with Gasteiger partial charge in [-0.3, -0.25) is 0 Å². The fourth-order valence-corrected chi connectivity index (χ4v) is 3.10. The van der Waals surface area contributed by atoms with E-state index in [1.165, 1.54) is 0 Å². The van der Waals surface area contributed by atoms with Crippen molar-refractivity contribution < 1.29 is 0 Å². The molecule has 0 radical (unpaired) electrons. The number of halogens is 3. The molecule has 0 amide bonds. The molecule has 20 heavy (non-hydrogen) atoms. The van der Waals surface area contributed by atoms with E-state index < -0.39 is 0 Å². The summed E-state index contributed by atoms with van der Waals surface area (Å²) in [5.41, 5.74) is 1.82. The van der Waals surface area contributed by atoms with Crippen LogP contribution < -0.4 is 5.32 Å². The molecular formula is C14H15Cl3N2S. The van der Waals surface area contributed by atoms with E-state index in [1.54, 1.807) is 23.5 Å². The SMILES string of the molecule is CC(C)(C)c1nc(CNc2cc(Cl)c(Cl)cc2Cl)cs1. The highest BCUT2D eigenvalue weighted by Crippen LogP contribution is 2.32. The number of thiazole rings is 1. The number of benzene rings is 1. The summed E-state index contributed by atoms with van der Waals surface area (Å²) in [5, 5.41) is 7.88. The Balaban J connectivity index is 2.09. The first-order valence-electron chi connectivity index (χ1n) is 6.10. The predicted molar refractivity (Wildman–Crippen MR) is 89.6 cm³/mol. The summed E-state index contributed by atoms with van der Waals surface area (Å²) in [7, 11) is 0. The fourth-order valence-electron chi connectivity index (χ4n) is 1.58. The van der Waals surface area contributed by atoms with Gasteiger partial charge in [-0.1, -0.05) is 55.6 Å². The van der Waals surface area contributed by atoms with Crippen molar-refractivity contribution in [3.63, 3.8) is 0 Å². The molecule has 0 saturated carbocycles. The predicted octanol–water partition coefficient (Wildman–Crippen LogP) is 6.01. The number of hydrogen-bond donors (Lipinski definition) is 1. The highest BCUT2D eigenvalue weighted by molar-refractivity contribution is 7.09. The summed E-state index contributed by atoms with van der Waals surface area (Å²) >= 11 is 19.7. The summed E-state index contributed by atoms with van der Waals surface area (Å²) in [6, 6.07) is 3.36. The Morgan fingerprint density at radius 3 is 2.35 bits per heavy atom. The number of nitrogens with one attached hydrogen (secondary N) is 1. The lowest BCUT2D eigenvalue weighted by atomic mass is 9.98. The molecule has 2 rings (SSSR count). The number of nitrogens with zero attached hydrogens (tertiary/aromatic N) is 1. The molecule has 1 heterocycles. The van der Waals surface area contributed by atoms with Crippen molar-refractivity contribution in [1.82, 2.24) is 4.98 Å². The number of aromatic nitrogens is 1. The molecule has 1 aromatic heterocycles. The van der Waals surface area contributed by atoms with E-state index in [0.717, 1.165) is 16.4 Å². The van der Waals surface area contributed by atoms with E-state index >= 15 is 0 Å². The lowest BCUT2D eigenvalue weighted by Crippen LogP contribution is -2.11. The Morgan fingerprint density at radius 2 is 1.75 bits per heavy atom. The average molecular weight is 350 g/mol. The first-order chi connectivity index (χ1) is 9.27. The van der Waals surface area contributed by atoms with Crippen LogP contribution in [0.15, 0.2) is 17.5 Å². The second-order valence-electron chi connectivity index (χ2n) is 5.49. The maximum atomic E-state index is 6.12. The number of hydrogen-bond acceptors (Lipinski definition) is 3. The van der Waals surface area contributed by atoms with E-state index in [1.807, 2.05) is 0 Å². The Hall–Kier alpha value is -0.480. The van der Waals surface area contributed by atoms with Crippen LogP contribution in [0.1, 0.15) is 31.5 Å². The standard InChI is InChI=1S/C14H15Cl3N2S/c1-14(2,3)13-19-8(7-20-13)6-18-12-5-10(16)9(15)4-11(12)17/h4-5,7,18H,6H2,1-3H3. The zero-order valence-corrected chi connectivity index (χ0v) is 14.5. The lowest BCUT2D eigenvalue weighted by Gasteiger charge is -2.13. The highest BCUT2D eigenvalue weighted by atomic mass is 35.5. The van der Waals surface area contributed by atoms with Crippen LogP contribution in [0.5, 0.6) is 0 Å². The van der Waals surface area contributed by atoms with Gasteiger partial charge >= 0.3 is 0 Å². The van der Waals surface area contributed by atoms with Gasteiger partial charge in [0.25, 0.3) is 0 Å². The van der Waals surface area contributed by atoms with E-state index in [2.05, 4.69) is 36.5 Å². The number of rotatable bonds is 3. The van der Waals surface area contributed by atoms with Gasteiger partial charge < -0.3 is 5.32 Å². The van der Waals surface area contributed by atoms with Gasteiger partial charge in [-0.05, 0) is 12.1 Å². The van der Waals surface area contributed by atoms with Gasteiger partial charge in [0, 0.05) is 10.8 Å². The van der Waals surface area contributed by atoms with E-state index in [-0.39, 0.29) is 5.41 Å². The molecule has 6 heteroatoms. The van der Waals surface area contributed by atoms with Crippen LogP contribution in [-0.4, -0.2) is 4.98 Å². The molecule has 1 N–H and O–H groups in total. The molecule has 0 saturated heterocycles. The van der Waals surface area contributed by atoms with E-state index in [9.17, 15) is 0 Å². The van der Waals surface area contributed by atoms with Crippen LogP contribution in [0, 0.1) is 0 Å². The van der Waals surface area contributed by atoms with Crippen LogP contribution in [0.3, 0.4) is 0 Å². The molecule has 0 aliphatic heterocycles. The molecule has 108 valence electrons. The van der Waals surface area contributed by atoms with E-state index in [4.69, 9.17) is 34.8 Å². The summed E-state index contributed by atoms with van der Waals surface area (Å²) in [5.74, 6) is 0. The largest absolute Gasteiger partial charge is 0.378 e. The van der Waals surface area contributed by atoms with Crippen molar-refractivity contribution in [3.05, 3.63) is 43.3 Å². The van der Waals surface area contributed by atoms with Crippen LogP contribution >= 0.6 is 46.1 Å². The Morgan fingerprint density at radius 1 is 1.10 bits per heavy atom. The van der Waals surface area contributed by atoms with Crippen molar-refractivity contribution in [1.29, 1.82) is 0 Å². The molecule has 0 fully saturated rings. The first-order valence-corrected chi connectivity index (χ1v) is 8.12. The Labute approximate surface area is 138 Å². The van der Waals surface area contributed by atoms with Gasteiger partial charge in [-0.25, -0.2) is 4.98 Å².